The number of piperidine rings is 1. The molecule has 3 aliphatic rings. The van der Waals surface area contributed by atoms with E-state index < -0.39 is 0 Å². The number of carbonyl (C=O) groups excluding carboxylic acids is 2. The second-order valence-electron chi connectivity index (χ2n) is 8.88. The number of hydrogen-bond acceptors (Lipinski definition) is 3. The summed E-state index contributed by atoms with van der Waals surface area (Å²) in [4.78, 5) is 32.0. The van der Waals surface area contributed by atoms with Crippen molar-refractivity contribution in [3.8, 4) is 0 Å². The predicted octanol–water partition coefficient (Wildman–Crippen LogP) is 2.55. The molecule has 2 heterocycles. The van der Waals surface area contributed by atoms with Crippen LogP contribution in [0, 0.1) is 11.3 Å². The highest BCUT2D eigenvalue weighted by atomic mass is 16.2. The molecule has 0 radical (unpaired) electrons. The van der Waals surface area contributed by atoms with E-state index in [0.29, 0.717) is 18.9 Å². The van der Waals surface area contributed by atoms with Gasteiger partial charge in [0, 0.05) is 46.0 Å². The average Bonchev–Trinajstić information content (AvgIpc) is 3.37. The Bertz CT molecular complexity index is 711. The number of nitrogens with zero attached hydrogens (tertiary/aromatic N) is 3. The monoisotopic (exact) mass is 369 g/mol. The fourth-order valence-corrected chi connectivity index (χ4v) is 4.60. The van der Waals surface area contributed by atoms with Crippen LogP contribution in [0.15, 0.2) is 24.3 Å². The Balaban J connectivity index is 1.37. The van der Waals surface area contributed by atoms with Crippen molar-refractivity contribution in [2.75, 3.05) is 45.2 Å². The maximum absolute atomic E-state index is 13.1. The van der Waals surface area contributed by atoms with Gasteiger partial charge in [0.15, 0.2) is 0 Å². The summed E-state index contributed by atoms with van der Waals surface area (Å²) in [6.07, 6.45) is 5.81. The zero-order valence-corrected chi connectivity index (χ0v) is 16.6. The second kappa shape index (κ2) is 7.17. The first-order valence-corrected chi connectivity index (χ1v) is 10.3. The highest BCUT2D eigenvalue weighted by Gasteiger charge is 2.49. The topological polar surface area (TPSA) is 43.9 Å². The van der Waals surface area contributed by atoms with Crippen LogP contribution in [0.3, 0.4) is 0 Å². The Labute approximate surface area is 162 Å². The molecule has 2 saturated heterocycles. The van der Waals surface area contributed by atoms with Crippen molar-refractivity contribution in [2.24, 2.45) is 11.3 Å². The van der Waals surface area contributed by atoms with Crippen molar-refractivity contribution < 1.29 is 9.59 Å². The summed E-state index contributed by atoms with van der Waals surface area (Å²) in [6, 6.07) is 8.16. The summed E-state index contributed by atoms with van der Waals surface area (Å²) in [6.45, 7) is 3.18. The molecule has 1 saturated carbocycles. The van der Waals surface area contributed by atoms with E-state index in [1.807, 2.05) is 31.1 Å². The third kappa shape index (κ3) is 3.83. The Morgan fingerprint density at radius 3 is 2.56 bits per heavy atom. The van der Waals surface area contributed by atoms with E-state index in [2.05, 4.69) is 21.9 Å². The van der Waals surface area contributed by atoms with E-state index >= 15 is 0 Å². The van der Waals surface area contributed by atoms with Crippen molar-refractivity contribution in [2.45, 2.75) is 38.5 Å². The van der Waals surface area contributed by atoms with Gasteiger partial charge in [0.25, 0.3) is 0 Å². The van der Waals surface area contributed by atoms with Gasteiger partial charge in [-0.05, 0) is 55.7 Å². The standard InChI is InChI=1S/C22H31N3O2/c1-23(2)19-8-6-17(7-9-19)14-20(26)25-13-11-22(16-25)10-3-12-24(21(22)27)15-18-4-5-18/h6-9,18H,3-5,10-16H2,1-2H3/t22-/m1/s1. The van der Waals surface area contributed by atoms with Gasteiger partial charge in [0.05, 0.1) is 11.8 Å². The van der Waals surface area contributed by atoms with E-state index in [4.69, 9.17) is 0 Å². The largest absolute Gasteiger partial charge is 0.378 e. The average molecular weight is 370 g/mol. The highest BCUT2D eigenvalue weighted by molar-refractivity contribution is 5.86. The van der Waals surface area contributed by atoms with Crippen molar-refractivity contribution >= 4 is 17.5 Å². The lowest BCUT2D eigenvalue weighted by Gasteiger charge is -2.39. The van der Waals surface area contributed by atoms with Gasteiger partial charge >= 0.3 is 0 Å². The smallest absolute Gasteiger partial charge is 0.230 e. The Morgan fingerprint density at radius 2 is 1.89 bits per heavy atom. The van der Waals surface area contributed by atoms with E-state index in [1.165, 1.54) is 12.8 Å². The van der Waals surface area contributed by atoms with Crippen molar-refractivity contribution in [1.82, 2.24) is 9.80 Å². The van der Waals surface area contributed by atoms with Crippen LogP contribution in [-0.4, -0.2) is 61.9 Å². The highest BCUT2D eigenvalue weighted by Crippen LogP contribution is 2.41. The number of benzene rings is 1. The molecule has 0 unspecified atom stereocenters. The first kappa shape index (κ1) is 18.3. The lowest BCUT2D eigenvalue weighted by molar-refractivity contribution is -0.146. The van der Waals surface area contributed by atoms with Crippen LogP contribution in [0.25, 0.3) is 0 Å². The lowest BCUT2D eigenvalue weighted by atomic mass is 9.78. The summed E-state index contributed by atoms with van der Waals surface area (Å²) in [7, 11) is 4.02. The molecule has 3 fully saturated rings. The SMILES string of the molecule is CN(C)c1ccc(CC(=O)N2CC[C@]3(CCCN(CC4CC4)C3=O)C2)cc1. The molecule has 2 amide bonds. The Morgan fingerprint density at radius 1 is 1.15 bits per heavy atom. The summed E-state index contributed by atoms with van der Waals surface area (Å²) in [5, 5.41) is 0. The van der Waals surface area contributed by atoms with Gasteiger partial charge in [0.1, 0.15) is 0 Å². The molecule has 1 aromatic carbocycles. The zero-order chi connectivity index (χ0) is 19.0. The quantitative estimate of drug-likeness (QED) is 0.801. The minimum absolute atomic E-state index is 0.150. The van der Waals surface area contributed by atoms with Crippen LogP contribution >= 0.6 is 0 Å². The Kier molecular flexibility index (Phi) is 4.87. The zero-order valence-electron chi connectivity index (χ0n) is 16.6. The van der Waals surface area contributed by atoms with Crippen LogP contribution < -0.4 is 4.90 Å². The van der Waals surface area contributed by atoms with Crippen LogP contribution in [-0.2, 0) is 16.0 Å². The van der Waals surface area contributed by atoms with Crippen LogP contribution in [0.2, 0.25) is 0 Å². The molecule has 1 spiro atoms. The molecule has 146 valence electrons. The van der Waals surface area contributed by atoms with E-state index in [1.54, 1.807) is 0 Å². The molecule has 1 aromatic rings. The molecule has 5 nitrogen and oxygen atoms in total. The van der Waals surface area contributed by atoms with Gasteiger partial charge < -0.3 is 14.7 Å². The third-order valence-corrected chi connectivity index (χ3v) is 6.51. The fraction of sp³-hybridized carbons (Fsp3) is 0.636. The summed E-state index contributed by atoms with van der Waals surface area (Å²) in [5.41, 5.74) is 1.86. The van der Waals surface area contributed by atoms with Gasteiger partial charge in [-0.15, -0.1) is 0 Å². The molecule has 0 bridgehead atoms. The normalized spacial score (nSPS) is 25.3. The predicted molar refractivity (Wildman–Crippen MR) is 107 cm³/mol. The molecule has 27 heavy (non-hydrogen) atoms. The first-order chi connectivity index (χ1) is 13.0. The third-order valence-electron chi connectivity index (χ3n) is 6.51. The second-order valence-corrected chi connectivity index (χ2v) is 8.88. The van der Waals surface area contributed by atoms with Crippen molar-refractivity contribution in [3.05, 3.63) is 29.8 Å². The number of anilines is 1. The maximum Gasteiger partial charge on any atom is 0.230 e. The number of rotatable bonds is 5. The van der Waals surface area contributed by atoms with Crippen LogP contribution in [0.1, 0.15) is 37.7 Å². The van der Waals surface area contributed by atoms with E-state index in [-0.39, 0.29) is 11.3 Å². The van der Waals surface area contributed by atoms with Gasteiger partial charge in [0.2, 0.25) is 11.8 Å². The number of hydrogen-bond donors (Lipinski definition) is 0. The number of amides is 2. The molecular formula is C22H31N3O2. The molecular weight excluding hydrogens is 338 g/mol. The molecule has 0 N–H and O–H groups in total. The molecule has 0 aromatic heterocycles. The Hall–Kier alpha value is -2.04. The fourth-order valence-electron chi connectivity index (χ4n) is 4.60. The summed E-state index contributed by atoms with van der Waals surface area (Å²) >= 11 is 0. The van der Waals surface area contributed by atoms with Crippen LogP contribution in [0.5, 0.6) is 0 Å². The number of carbonyl (C=O) groups is 2. The molecule has 1 atom stereocenters. The molecule has 5 heteroatoms. The minimum Gasteiger partial charge on any atom is -0.378 e. The van der Waals surface area contributed by atoms with E-state index in [0.717, 1.165) is 56.1 Å². The van der Waals surface area contributed by atoms with Gasteiger partial charge in [-0.25, -0.2) is 0 Å². The number of likely N-dealkylation sites (tertiary alicyclic amines) is 2. The molecule has 1 aliphatic carbocycles. The summed E-state index contributed by atoms with van der Waals surface area (Å²) < 4.78 is 0. The molecule has 2 aliphatic heterocycles. The van der Waals surface area contributed by atoms with Gasteiger partial charge in [-0.3, -0.25) is 9.59 Å². The van der Waals surface area contributed by atoms with Gasteiger partial charge in [-0.1, -0.05) is 12.1 Å². The van der Waals surface area contributed by atoms with Crippen molar-refractivity contribution in [3.63, 3.8) is 0 Å². The maximum atomic E-state index is 13.1. The first-order valence-electron chi connectivity index (χ1n) is 10.3. The lowest BCUT2D eigenvalue weighted by Crippen LogP contribution is -2.51. The minimum atomic E-state index is -0.308. The van der Waals surface area contributed by atoms with Crippen molar-refractivity contribution in [1.29, 1.82) is 0 Å². The van der Waals surface area contributed by atoms with Crippen LogP contribution in [0.4, 0.5) is 5.69 Å². The van der Waals surface area contributed by atoms with E-state index in [9.17, 15) is 9.59 Å². The summed E-state index contributed by atoms with van der Waals surface area (Å²) in [5.74, 6) is 1.19. The van der Waals surface area contributed by atoms with Gasteiger partial charge in [-0.2, -0.15) is 0 Å². The molecule has 4 rings (SSSR count).